The third-order valence-corrected chi connectivity index (χ3v) is 3.16. The molecule has 0 fully saturated rings. The Morgan fingerprint density at radius 1 is 1.21 bits per heavy atom. The minimum absolute atomic E-state index is 0.291. The number of hydrogen-bond donors (Lipinski definition) is 0. The van der Waals surface area contributed by atoms with Gasteiger partial charge in [0.1, 0.15) is 0 Å². The van der Waals surface area contributed by atoms with Crippen LogP contribution >= 0.6 is 0 Å². The third-order valence-electron chi connectivity index (χ3n) is 3.16. The van der Waals surface area contributed by atoms with Crippen molar-refractivity contribution < 1.29 is 22.1 Å². The van der Waals surface area contributed by atoms with Gasteiger partial charge >= 0.3 is 12.0 Å². The van der Waals surface area contributed by atoms with Gasteiger partial charge in [-0.2, -0.15) is 13.2 Å². The Kier molecular flexibility index (Phi) is 3.52. The highest BCUT2D eigenvalue weighted by atomic mass is 19.4. The lowest BCUT2D eigenvalue weighted by molar-refractivity contribution is -0.681. The Labute approximate surface area is 108 Å². The number of aromatic nitrogens is 2. The molecule has 2 nitrogen and oxygen atoms in total. The van der Waals surface area contributed by atoms with Gasteiger partial charge in [-0.15, -0.1) is 0 Å². The van der Waals surface area contributed by atoms with Crippen LogP contribution in [0.25, 0.3) is 11.0 Å². The number of halogens is 4. The normalized spacial score (nSPS) is 14.0. The van der Waals surface area contributed by atoms with E-state index in [4.69, 9.17) is 0 Å². The largest absolute Gasteiger partial charge is 0.431 e. The van der Waals surface area contributed by atoms with Crippen molar-refractivity contribution in [3.63, 3.8) is 0 Å². The van der Waals surface area contributed by atoms with Crippen molar-refractivity contribution in [2.24, 2.45) is 0 Å². The van der Waals surface area contributed by atoms with E-state index in [9.17, 15) is 17.6 Å². The molecule has 0 aliphatic rings. The van der Waals surface area contributed by atoms with E-state index in [-0.39, 0.29) is 5.82 Å². The summed E-state index contributed by atoms with van der Waals surface area (Å²) in [6, 6.07) is 6.88. The fourth-order valence-electron chi connectivity index (χ4n) is 2.40. The fourth-order valence-corrected chi connectivity index (χ4v) is 2.40. The van der Waals surface area contributed by atoms with Crippen molar-refractivity contribution in [3.8, 4) is 0 Å². The van der Waals surface area contributed by atoms with Crippen LogP contribution in [0, 0.1) is 0 Å². The molecular formula is C13H15F4N2+. The zero-order chi connectivity index (χ0) is 14.2. The number of para-hydroxylation sites is 2. The summed E-state index contributed by atoms with van der Waals surface area (Å²) < 4.78 is 54.7. The van der Waals surface area contributed by atoms with E-state index in [1.807, 2.05) is 0 Å². The average molecular weight is 275 g/mol. The molecule has 104 valence electrons. The van der Waals surface area contributed by atoms with Crippen LogP contribution in [-0.2, 0) is 13.1 Å². The molecule has 0 unspecified atom stereocenters. The van der Waals surface area contributed by atoms with Crippen LogP contribution in [0.3, 0.4) is 0 Å². The lowest BCUT2D eigenvalue weighted by atomic mass is 10.3. The molecule has 1 heterocycles. The van der Waals surface area contributed by atoms with E-state index in [1.54, 1.807) is 38.1 Å². The van der Waals surface area contributed by atoms with E-state index < -0.39 is 12.3 Å². The molecule has 0 saturated carbocycles. The number of imidazole rings is 1. The minimum Gasteiger partial charge on any atom is -0.225 e. The number of aryl methyl sites for hydroxylation is 2. The van der Waals surface area contributed by atoms with Crippen molar-refractivity contribution in [2.75, 3.05) is 0 Å². The summed E-state index contributed by atoms with van der Waals surface area (Å²) in [6.07, 6.45) is -7.86. The van der Waals surface area contributed by atoms with Crippen LogP contribution in [0.1, 0.15) is 25.8 Å². The summed E-state index contributed by atoms with van der Waals surface area (Å²) >= 11 is 0. The number of benzene rings is 1. The minimum atomic E-state index is -4.89. The molecule has 0 radical (unpaired) electrons. The summed E-state index contributed by atoms with van der Waals surface area (Å²) in [5.74, 6) is -0.335. The quantitative estimate of drug-likeness (QED) is 0.598. The highest BCUT2D eigenvalue weighted by Gasteiger charge is 2.49. The van der Waals surface area contributed by atoms with E-state index in [2.05, 4.69) is 0 Å². The molecule has 0 amide bonds. The van der Waals surface area contributed by atoms with E-state index in [0.717, 1.165) is 0 Å². The summed E-state index contributed by atoms with van der Waals surface area (Å²) in [5, 5.41) is 0. The maximum absolute atomic E-state index is 13.8. The summed E-state index contributed by atoms with van der Waals surface area (Å²) in [5.41, 5.74) is 1.24. The van der Waals surface area contributed by atoms with Crippen molar-refractivity contribution in [3.05, 3.63) is 30.1 Å². The highest BCUT2D eigenvalue weighted by Crippen LogP contribution is 2.36. The van der Waals surface area contributed by atoms with Gasteiger partial charge in [0.2, 0.25) is 0 Å². The van der Waals surface area contributed by atoms with E-state index in [1.165, 1.54) is 9.13 Å². The van der Waals surface area contributed by atoms with Gasteiger partial charge in [0.25, 0.3) is 6.17 Å². The molecule has 1 aromatic carbocycles. The standard InChI is InChI=1S/C13H15F4N2/c1-3-18-9-7-5-6-8-10(9)19(4-2)12(18)11(14)13(15,16)17/h5-8,11H,3-4H2,1-2H3/q+1/t11-/m0/s1. The zero-order valence-electron chi connectivity index (χ0n) is 10.7. The third kappa shape index (κ3) is 2.19. The predicted octanol–water partition coefficient (Wildman–Crippen LogP) is 3.54. The molecule has 0 saturated heterocycles. The topological polar surface area (TPSA) is 8.81 Å². The van der Waals surface area contributed by atoms with Crippen molar-refractivity contribution in [1.82, 2.24) is 4.57 Å². The van der Waals surface area contributed by atoms with Crippen LogP contribution in [0.4, 0.5) is 17.6 Å². The number of rotatable bonds is 3. The second-order valence-electron chi connectivity index (χ2n) is 4.24. The number of hydrogen-bond acceptors (Lipinski definition) is 0. The first kappa shape index (κ1) is 13.8. The molecule has 1 atom stereocenters. The smallest absolute Gasteiger partial charge is 0.225 e. The second-order valence-corrected chi connectivity index (χ2v) is 4.24. The monoisotopic (exact) mass is 275 g/mol. The summed E-state index contributed by atoms with van der Waals surface area (Å²) in [7, 11) is 0. The van der Waals surface area contributed by atoms with Gasteiger partial charge in [-0.1, -0.05) is 12.1 Å². The second kappa shape index (κ2) is 4.83. The molecule has 2 rings (SSSR count). The van der Waals surface area contributed by atoms with E-state index in [0.29, 0.717) is 24.1 Å². The molecule has 2 aromatic rings. The molecule has 0 spiro atoms. The lowest BCUT2D eigenvalue weighted by Crippen LogP contribution is -2.40. The van der Waals surface area contributed by atoms with Gasteiger partial charge in [0, 0.05) is 0 Å². The van der Waals surface area contributed by atoms with Crippen LogP contribution < -0.4 is 4.57 Å². The van der Waals surface area contributed by atoms with Crippen LogP contribution in [0.5, 0.6) is 0 Å². The Morgan fingerprint density at radius 3 is 2.37 bits per heavy atom. The first-order chi connectivity index (χ1) is 8.91. The molecule has 0 N–H and O–H groups in total. The molecule has 1 aromatic heterocycles. The molecular weight excluding hydrogens is 260 g/mol. The summed E-state index contributed by atoms with van der Waals surface area (Å²) in [6.45, 7) is 4.00. The molecule has 0 aliphatic carbocycles. The van der Waals surface area contributed by atoms with Gasteiger partial charge in [-0.3, -0.25) is 0 Å². The Balaban J connectivity index is 2.78. The van der Waals surface area contributed by atoms with Crippen molar-refractivity contribution >= 4 is 11.0 Å². The van der Waals surface area contributed by atoms with Gasteiger partial charge in [-0.05, 0) is 26.0 Å². The summed E-state index contributed by atoms with van der Waals surface area (Å²) in [4.78, 5) is 0. The Bertz CT molecular complexity index is 545. The number of alkyl halides is 4. The maximum Gasteiger partial charge on any atom is 0.431 e. The average Bonchev–Trinajstić information content (AvgIpc) is 2.69. The van der Waals surface area contributed by atoms with Gasteiger partial charge in [-0.25, -0.2) is 13.5 Å². The van der Waals surface area contributed by atoms with Crippen LogP contribution in [-0.4, -0.2) is 10.7 Å². The number of fused-ring (bicyclic) bond motifs is 1. The number of nitrogens with zero attached hydrogens (tertiary/aromatic N) is 2. The van der Waals surface area contributed by atoms with Crippen LogP contribution in [0.2, 0.25) is 0 Å². The van der Waals surface area contributed by atoms with Crippen molar-refractivity contribution in [1.29, 1.82) is 0 Å². The fraction of sp³-hybridized carbons (Fsp3) is 0.462. The predicted molar refractivity (Wildman–Crippen MR) is 63.4 cm³/mol. The Morgan fingerprint density at radius 2 is 1.84 bits per heavy atom. The SMILES string of the molecule is CCn1c([C@H](F)C(F)(F)F)[n+](CC)c2ccccc21. The maximum atomic E-state index is 13.8. The first-order valence-corrected chi connectivity index (χ1v) is 6.13. The molecule has 0 aliphatic heterocycles. The molecule has 6 heteroatoms. The molecule has 0 bridgehead atoms. The zero-order valence-corrected chi connectivity index (χ0v) is 10.7. The first-order valence-electron chi connectivity index (χ1n) is 6.13. The Hall–Kier alpha value is -1.59. The molecule has 19 heavy (non-hydrogen) atoms. The van der Waals surface area contributed by atoms with Crippen LogP contribution in [0.15, 0.2) is 24.3 Å². The van der Waals surface area contributed by atoms with Gasteiger partial charge < -0.3 is 0 Å². The van der Waals surface area contributed by atoms with Gasteiger partial charge in [0.15, 0.2) is 11.0 Å². The van der Waals surface area contributed by atoms with Crippen molar-refractivity contribution in [2.45, 2.75) is 39.3 Å². The highest BCUT2D eigenvalue weighted by molar-refractivity contribution is 5.72. The van der Waals surface area contributed by atoms with Gasteiger partial charge in [0.05, 0.1) is 13.1 Å². The van der Waals surface area contributed by atoms with E-state index >= 15 is 0 Å². The lowest BCUT2D eigenvalue weighted by Gasteiger charge is -2.11.